The molecule has 2 aromatic carbocycles. The summed E-state index contributed by atoms with van der Waals surface area (Å²) in [6.45, 7) is 6.01. The van der Waals surface area contributed by atoms with Crippen molar-refractivity contribution < 1.29 is 47.6 Å². The third-order valence-corrected chi connectivity index (χ3v) is 7.12. The molecule has 0 aliphatic heterocycles. The Labute approximate surface area is 243 Å². The number of ether oxygens (including phenoxy) is 1. The van der Waals surface area contributed by atoms with Crippen LogP contribution in [-0.4, -0.2) is 63.1 Å². The zero-order valence-corrected chi connectivity index (χ0v) is 24.0. The molecule has 0 aromatic heterocycles. The second-order valence-corrected chi connectivity index (χ2v) is 11.5. The van der Waals surface area contributed by atoms with E-state index in [0.29, 0.717) is 24.1 Å². The maximum absolute atomic E-state index is 13.2. The molecule has 10 heteroatoms. The molecule has 2 aromatic rings. The topological polar surface area (TPSA) is 182 Å². The molecule has 1 aliphatic carbocycles. The van der Waals surface area contributed by atoms with Gasteiger partial charge in [0.25, 0.3) is 0 Å². The van der Waals surface area contributed by atoms with Gasteiger partial charge in [-0.25, -0.2) is 4.79 Å². The van der Waals surface area contributed by atoms with E-state index in [-0.39, 0.29) is 68.8 Å². The van der Waals surface area contributed by atoms with Gasteiger partial charge in [-0.3, -0.25) is 19.7 Å². The Morgan fingerprint density at radius 3 is 2.29 bits per heavy atom. The van der Waals surface area contributed by atoms with Crippen LogP contribution in [0.3, 0.4) is 0 Å². The van der Waals surface area contributed by atoms with E-state index in [4.69, 9.17) is 4.74 Å². The van der Waals surface area contributed by atoms with Gasteiger partial charge in [-0.15, -0.1) is 0 Å². The first-order valence-corrected chi connectivity index (χ1v) is 13.5. The zero-order chi connectivity index (χ0) is 29.6. The number of rotatable bonds is 11. The second-order valence-electron chi connectivity index (χ2n) is 11.5. The van der Waals surface area contributed by atoms with Crippen molar-refractivity contribution in [1.29, 1.82) is 0 Å². The zero-order valence-electron chi connectivity index (χ0n) is 24.0. The van der Waals surface area contributed by atoms with Gasteiger partial charge >= 0.3 is 6.09 Å². The number of carbonyl (C=O) groups excluding carboxylic acids is 4. The van der Waals surface area contributed by atoms with Gasteiger partial charge in [0.2, 0.25) is 0 Å². The largest absolute Gasteiger partial charge is 0.507 e. The lowest BCUT2D eigenvalue weighted by atomic mass is 9.72. The monoisotopic (exact) mass is 575 g/mol. The van der Waals surface area contributed by atoms with Gasteiger partial charge in [-0.05, 0) is 93.7 Å². The lowest BCUT2D eigenvalue weighted by Crippen LogP contribution is -2.32. The SMILES string of the molecule is CC(=O)CC(=O)C(CO)C(CCO)CC1CC(=O)c2c(O)ccc(-c3ccc(NC(=O)OC(C)(C)C)cc3)c2C1.O.[HH].[HH]. The van der Waals surface area contributed by atoms with E-state index in [2.05, 4.69) is 5.32 Å². The standard InChI is InChI=1S/C31H39NO8.H2O.2H2/c1-18(35)13-27(37)25(17-34)21(11-12-33)14-19-15-24-23(9-10-26(36)29(24)28(38)16-19)20-5-7-22(8-6-20)32-30(39)40-31(2,3)4;;;/h5-10,19,21,25,33-34,36H,11-17H2,1-4H3,(H,32,39);1H2;2*1H. The second kappa shape index (κ2) is 14.3. The molecule has 10 nitrogen and oxygen atoms in total. The summed E-state index contributed by atoms with van der Waals surface area (Å²) in [6, 6.07) is 10.3. The van der Waals surface area contributed by atoms with Crippen LogP contribution < -0.4 is 5.32 Å². The number of benzene rings is 2. The smallest absolute Gasteiger partial charge is 0.412 e. The summed E-state index contributed by atoms with van der Waals surface area (Å²) in [6.07, 6.45) is 0.403. The van der Waals surface area contributed by atoms with Crippen LogP contribution in [0.1, 0.15) is 72.2 Å². The number of anilines is 1. The van der Waals surface area contributed by atoms with E-state index >= 15 is 0 Å². The van der Waals surface area contributed by atoms with Gasteiger partial charge in [0.05, 0.1) is 18.6 Å². The van der Waals surface area contributed by atoms with Crippen molar-refractivity contribution in [2.24, 2.45) is 17.8 Å². The summed E-state index contributed by atoms with van der Waals surface area (Å²) in [7, 11) is 0. The number of hydrogen-bond donors (Lipinski definition) is 4. The summed E-state index contributed by atoms with van der Waals surface area (Å²) in [5, 5.41) is 32.8. The van der Waals surface area contributed by atoms with Gasteiger partial charge in [-0.1, -0.05) is 18.2 Å². The number of hydrogen-bond acceptors (Lipinski definition) is 8. The van der Waals surface area contributed by atoms with Crippen molar-refractivity contribution >= 4 is 29.1 Å². The maximum atomic E-state index is 13.2. The minimum Gasteiger partial charge on any atom is -0.507 e. The summed E-state index contributed by atoms with van der Waals surface area (Å²) in [4.78, 5) is 49.5. The molecule has 0 bridgehead atoms. The minimum absolute atomic E-state index is 0. The highest BCUT2D eigenvalue weighted by molar-refractivity contribution is 6.03. The number of aliphatic hydroxyl groups is 2. The predicted molar refractivity (Wildman–Crippen MR) is 158 cm³/mol. The predicted octanol–water partition coefficient (Wildman–Crippen LogP) is 4.36. The molecule has 3 atom stereocenters. The Morgan fingerprint density at radius 1 is 1.07 bits per heavy atom. The van der Waals surface area contributed by atoms with Crippen molar-refractivity contribution in [3.05, 3.63) is 47.5 Å². The van der Waals surface area contributed by atoms with Crippen molar-refractivity contribution in [1.82, 2.24) is 0 Å². The van der Waals surface area contributed by atoms with Crippen molar-refractivity contribution in [2.75, 3.05) is 18.5 Å². The molecule has 0 spiro atoms. The number of phenolic OH excluding ortho intramolecular Hbond substituents is 1. The van der Waals surface area contributed by atoms with E-state index in [1.165, 1.54) is 13.0 Å². The van der Waals surface area contributed by atoms with Gasteiger partial charge in [-0.2, -0.15) is 0 Å². The van der Waals surface area contributed by atoms with Gasteiger partial charge < -0.3 is 25.5 Å². The van der Waals surface area contributed by atoms with Crippen LogP contribution in [0.5, 0.6) is 5.75 Å². The van der Waals surface area contributed by atoms with Crippen LogP contribution >= 0.6 is 0 Å². The van der Waals surface area contributed by atoms with E-state index in [0.717, 1.165) is 11.1 Å². The quantitative estimate of drug-likeness (QED) is 0.285. The van der Waals surface area contributed by atoms with Gasteiger partial charge in [0.15, 0.2) is 5.78 Å². The van der Waals surface area contributed by atoms with Gasteiger partial charge in [0.1, 0.15) is 22.9 Å². The molecular formula is C31H45NO9. The Hall–Kier alpha value is -3.60. The fourth-order valence-corrected chi connectivity index (χ4v) is 5.44. The minimum atomic E-state index is -0.804. The van der Waals surface area contributed by atoms with Crippen LogP contribution in [0.15, 0.2) is 36.4 Å². The highest BCUT2D eigenvalue weighted by atomic mass is 16.6. The number of Topliss-reactive ketones (excluding diaryl/α,β-unsaturated/α-hetero) is 3. The highest BCUT2D eigenvalue weighted by Gasteiger charge is 2.35. The molecule has 0 saturated heterocycles. The van der Waals surface area contributed by atoms with E-state index < -0.39 is 30.1 Å². The Morgan fingerprint density at radius 2 is 1.73 bits per heavy atom. The van der Waals surface area contributed by atoms with Crippen LogP contribution in [0.4, 0.5) is 10.5 Å². The number of aromatic hydroxyl groups is 1. The number of carbonyl (C=O) groups is 4. The van der Waals surface area contributed by atoms with Crippen LogP contribution in [-0.2, 0) is 20.7 Å². The molecule has 6 N–H and O–H groups in total. The van der Waals surface area contributed by atoms with Crippen LogP contribution in [0, 0.1) is 17.8 Å². The lowest BCUT2D eigenvalue weighted by molar-refractivity contribution is -0.131. The molecule has 1 amide bonds. The first-order valence-electron chi connectivity index (χ1n) is 13.5. The molecule has 3 unspecified atom stereocenters. The highest BCUT2D eigenvalue weighted by Crippen LogP contribution is 2.41. The Bertz CT molecular complexity index is 1260. The van der Waals surface area contributed by atoms with E-state index in [1.54, 1.807) is 39.0 Å². The fraction of sp³-hybridized carbons (Fsp3) is 0.484. The molecule has 1 aliphatic rings. The van der Waals surface area contributed by atoms with Crippen LogP contribution in [0.2, 0.25) is 0 Å². The number of phenols is 1. The summed E-state index contributed by atoms with van der Waals surface area (Å²) in [5.41, 5.74) is 2.42. The molecule has 0 fully saturated rings. The van der Waals surface area contributed by atoms with Crippen LogP contribution in [0.25, 0.3) is 11.1 Å². The molecule has 228 valence electrons. The average molecular weight is 576 g/mol. The van der Waals surface area contributed by atoms with E-state index in [1.807, 2.05) is 12.1 Å². The van der Waals surface area contributed by atoms with Crippen molar-refractivity contribution in [2.45, 2.75) is 65.4 Å². The molecular weight excluding hydrogens is 530 g/mol. The van der Waals surface area contributed by atoms with Crippen molar-refractivity contribution in [3.8, 4) is 16.9 Å². The normalized spacial score (nSPS) is 16.1. The third-order valence-electron chi connectivity index (χ3n) is 7.12. The molecule has 3 rings (SSSR count). The van der Waals surface area contributed by atoms with E-state index in [9.17, 15) is 34.5 Å². The average Bonchev–Trinajstić information content (AvgIpc) is 2.83. The summed E-state index contributed by atoms with van der Waals surface area (Å²) in [5.74, 6) is -2.37. The molecule has 41 heavy (non-hydrogen) atoms. The lowest BCUT2D eigenvalue weighted by Gasteiger charge is -2.31. The van der Waals surface area contributed by atoms with Crippen molar-refractivity contribution in [3.63, 3.8) is 0 Å². The number of nitrogens with one attached hydrogen (secondary N) is 1. The summed E-state index contributed by atoms with van der Waals surface area (Å²) < 4.78 is 5.29. The first-order chi connectivity index (χ1) is 18.8. The molecule has 0 radical (unpaired) electrons. The maximum Gasteiger partial charge on any atom is 0.412 e. The summed E-state index contributed by atoms with van der Waals surface area (Å²) >= 11 is 0. The van der Waals surface area contributed by atoms with Gasteiger partial charge in [0, 0.05) is 27.5 Å². The molecule has 0 saturated carbocycles. The fourth-order valence-electron chi connectivity index (χ4n) is 5.44. The third kappa shape index (κ3) is 8.94. The Balaban J connectivity index is 0.00000588. The first kappa shape index (κ1) is 33.6. The number of amides is 1. The number of fused-ring (bicyclic) bond motifs is 1. The number of ketones is 3. The molecule has 0 heterocycles. The number of aliphatic hydroxyl groups excluding tert-OH is 2. The Kier molecular flexibility index (Phi) is 11.8.